The first-order valence-electron chi connectivity index (χ1n) is 5.30. The zero-order valence-corrected chi connectivity index (χ0v) is 9.74. The Labute approximate surface area is 104 Å². The van der Waals surface area contributed by atoms with E-state index in [1.165, 1.54) is 23.1 Å². The zero-order valence-electron chi connectivity index (χ0n) is 9.74. The van der Waals surface area contributed by atoms with E-state index in [4.69, 9.17) is 0 Å². The van der Waals surface area contributed by atoms with Crippen LogP contribution in [0.25, 0.3) is 0 Å². The minimum atomic E-state index is -0.442. The van der Waals surface area contributed by atoms with Crippen LogP contribution in [0.4, 0.5) is 5.82 Å². The van der Waals surface area contributed by atoms with Crippen molar-refractivity contribution in [2.45, 2.75) is 0 Å². The number of phenols is 2. The molecule has 0 saturated carbocycles. The fourth-order valence-electron chi connectivity index (χ4n) is 1.53. The molecule has 0 radical (unpaired) electrons. The molecule has 0 spiro atoms. The van der Waals surface area contributed by atoms with Gasteiger partial charge in [-0.2, -0.15) is 0 Å². The third-order valence-corrected chi connectivity index (χ3v) is 2.51. The van der Waals surface area contributed by atoms with E-state index >= 15 is 0 Å². The van der Waals surface area contributed by atoms with E-state index in [1.807, 2.05) is 0 Å². The van der Waals surface area contributed by atoms with Crippen molar-refractivity contribution in [3.8, 4) is 11.5 Å². The van der Waals surface area contributed by atoms with Crippen LogP contribution in [0.3, 0.4) is 0 Å². The predicted octanol–water partition coefficient (Wildman–Crippen LogP) is 1.77. The molecule has 2 aromatic rings. The molecule has 0 bridgehead atoms. The number of aromatic hydroxyl groups is 2. The molecular weight excluding hydrogens is 232 g/mol. The third-order valence-electron chi connectivity index (χ3n) is 2.51. The molecule has 0 aliphatic rings. The van der Waals surface area contributed by atoms with E-state index in [1.54, 1.807) is 31.4 Å². The summed E-state index contributed by atoms with van der Waals surface area (Å²) in [5.74, 6) is -0.238. The number of rotatable bonds is 2. The summed E-state index contributed by atoms with van der Waals surface area (Å²) in [6, 6.07) is 8.98. The number of pyridine rings is 1. The van der Waals surface area contributed by atoms with Gasteiger partial charge in [-0.25, -0.2) is 4.98 Å². The summed E-state index contributed by atoms with van der Waals surface area (Å²) < 4.78 is 0. The van der Waals surface area contributed by atoms with Crippen LogP contribution in [-0.4, -0.2) is 28.2 Å². The van der Waals surface area contributed by atoms with Crippen LogP contribution in [0.5, 0.6) is 11.5 Å². The molecule has 1 amide bonds. The minimum absolute atomic E-state index is 0.0307. The van der Waals surface area contributed by atoms with Crippen molar-refractivity contribution in [1.29, 1.82) is 0 Å². The fourth-order valence-corrected chi connectivity index (χ4v) is 1.53. The van der Waals surface area contributed by atoms with Crippen LogP contribution >= 0.6 is 0 Å². The second kappa shape index (κ2) is 4.75. The van der Waals surface area contributed by atoms with E-state index < -0.39 is 5.91 Å². The van der Waals surface area contributed by atoms with E-state index in [0.29, 0.717) is 5.82 Å². The van der Waals surface area contributed by atoms with Crippen molar-refractivity contribution in [2.24, 2.45) is 0 Å². The van der Waals surface area contributed by atoms with Gasteiger partial charge in [0, 0.05) is 13.2 Å². The van der Waals surface area contributed by atoms with Gasteiger partial charge in [0.1, 0.15) is 17.3 Å². The lowest BCUT2D eigenvalue weighted by molar-refractivity contribution is 0.0989. The molecule has 0 fully saturated rings. The third kappa shape index (κ3) is 2.24. The van der Waals surface area contributed by atoms with Gasteiger partial charge in [-0.3, -0.25) is 9.69 Å². The SMILES string of the molecule is CN(C(=O)c1cc(O)ccc1O)c1ccccn1. The highest BCUT2D eigenvalue weighted by Crippen LogP contribution is 2.24. The zero-order chi connectivity index (χ0) is 13.1. The molecule has 1 aromatic carbocycles. The predicted molar refractivity (Wildman–Crippen MR) is 66.7 cm³/mol. The molecule has 0 aliphatic carbocycles. The number of hydrogen-bond acceptors (Lipinski definition) is 4. The van der Waals surface area contributed by atoms with E-state index in [0.717, 1.165) is 0 Å². The Kier molecular flexibility index (Phi) is 3.14. The quantitative estimate of drug-likeness (QED) is 0.789. The summed E-state index contributed by atoms with van der Waals surface area (Å²) >= 11 is 0. The molecule has 0 saturated heterocycles. The lowest BCUT2D eigenvalue weighted by atomic mass is 10.1. The normalized spacial score (nSPS) is 10.1. The highest BCUT2D eigenvalue weighted by molar-refractivity contribution is 6.07. The number of nitrogens with zero attached hydrogens (tertiary/aromatic N) is 2. The molecule has 1 heterocycles. The molecule has 2 rings (SSSR count). The van der Waals surface area contributed by atoms with Crippen LogP contribution in [0, 0.1) is 0 Å². The summed E-state index contributed by atoms with van der Waals surface area (Å²) in [7, 11) is 1.55. The molecule has 2 N–H and O–H groups in total. The summed E-state index contributed by atoms with van der Waals surface area (Å²) in [6.07, 6.45) is 1.57. The number of carbonyl (C=O) groups is 1. The number of hydrogen-bond donors (Lipinski definition) is 2. The highest BCUT2D eigenvalue weighted by Gasteiger charge is 2.18. The number of aromatic nitrogens is 1. The maximum atomic E-state index is 12.1. The molecule has 0 unspecified atom stereocenters. The van der Waals surface area contributed by atoms with E-state index in [9.17, 15) is 15.0 Å². The fraction of sp³-hybridized carbons (Fsp3) is 0.0769. The van der Waals surface area contributed by atoms with Gasteiger partial charge in [-0.05, 0) is 30.3 Å². The number of anilines is 1. The molecule has 1 aromatic heterocycles. The molecule has 18 heavy (non-hydrogen) atoms. The number of amides is 1. The van der Waals surface area contributed by atoms with Crippen molar-refractivity contribution in [1.82, 2.24) is 4.98 Å². The summed E-state index contributed by atoms with van der Waals surface area (Å²) in [6.45, 7) is 0. The lowest BCUT2D eigenvalue weighted by Gasteiger charge is -2.16. The van der Waals surface area contributed by atoms with Gasteiger partial charge in [0.05, 0.1) is 5.56 Å². The Morgan fingerprint density at radius 2 is 2.00 bits per heavy atom. The number of phenolic OH excluding ortho intramolecular Hbond substituents is 2. The molecule has 0 aliphatic heterocycles. The second-order valence-corrected chi connectivity index (χ2v) is 3.75. The van der Waals surface area contributed by atoms with Crippen LogP contribution in [0.2, 0.25) is 0 Å². The maximum absolute atomic E-state index is 12.1. The van der Waals surface area contributed by atoms with Gasteiger partial charge in [0.15, 0.2) is 0 Å². The Hall–Kier alpha value is -2.56. The Bertz CT molecular complexity index is 570. The molecule has 92 valence electrons. The van der Waals surface area contributed by atoms with Gasteiger partial charge < -0.3 is 10.2 Å². The standard InChI is InChI=1S/C13H12N2O3/c1-15(12-4-2-3-7-14-12)13(18)10-8-9(16)5-6-11(10)17/h2-8,16-17H,1H3. The second-order valence-electron chi connectivity index (χ2n) is 3.75. The largest absolute Gasteiger partial charge is 0.508 e. The highest BCUT2D eigenvalue weighted by atomic mass is 16.3. The summed E-state index contributed by atoms with van der Waals surface area (Å²) in [4.78, 5) is 17.5. The summed E-state index contributed by atoms with van der Waals surface area (Å²) in [5, 5.41) is 19.0. The lowest BCUT2D eigenvalue weighted by Crippen LogP contribution is -2.27. The average molecular weight is 244 g/mol. The van der Waals surface area contributed by atoms with Gasteiger partial charge >= 0.3 is 0 Å². The van der Waals surface area contributed by atoms with Crippen molar-refractivity contribution in [3.63, 3.8) is 0 Å². The van der Waals surface area contributed by atoms with Crippen molar-refractivity contribution in [3.05, 3.63) is 48.2 Å². The molecular formula is C13H12N2O3. The van der Waals surface area contributed by atoms with Gasteiger partial charge in [-0.1, -0.05) is 6.07 Å². The first-order valence-corrected chi connectivity index (χ1v) is 5.30. The molecule has 0 atom stereocenters. The van der Waals surface area contributed by atoms with Crippen molar-refractivity contribution in [2.75, 3.05) is 11.9 Å². The Balaban J connectivity index is 2.34. The van der Waals surface area contributed by atoms with Crippen LogP contribution in [0.1, 0.15) is 10.4 Å². The molecule has 5 nitrogen and oxygen atoms in total. The number of benzene rings is 1. The van der Waals surface area contributed by atoms with E-state index in [2.05, 4.69) is 4.98 Å². The van der Waals surface area contributed by atoms with Crippen molar-refractivity contribution < 1.29 is 15.0 Å². The molecule has 5 heteroatoms. The first-order chi connectivity index (χ1) is 8.59. The Morgan fingerprint density at radius 1 is 1.22 bits per heavy atom. The van der Waals surface area contributed by atoms with Gasteiger partial charge in [0.25, 0.3) is 5.91 Å². The van der Waals surface area contributed by atoms with Gasteiger partial charge in [-0.15, -0.1) is 0 Å². The van der Waals surface area contributed by atoms with Crippen LogP contribution in [-0.2, 0) is 0 Å². The topological polar surface area (TPSA) is 73.7 Å². The smallest absolute Gasteiger partial charge is 0.263 e. The average Bonchev–Trinajstić information content (AvgIpc) is 2.41. The monoisotopic (exact) mass is 244 g/mol. The van der Waals surface area contributed by atoms with E-state index in [-0.39, 0.29) is 17.1 Å². The number of carbonyl (C=O) groups excluding carboxylic acids is 1. The van der Waals surface area contributed by atoms with Crippen molar-refractivity contribution >= 4 is 11.7 Å². The minimum Gasteiger partial charge on any atom is -0.508 e. The first kappa shape index (κ1) is 11.9. The van der Waals surface area contributed by atoms with Crippen LogP contribution < -0.4 is 4.90 Å². The van der Waals surface area contributed by atoms with Crippen LogP contribution in [0.15, 0.2) is 42.6 Å². The van der Waals surface area contributed by atoms with Gasteiger partial charge in [0.2, 0.25) is 0 Å². The summed E-state index contributed by atoms with van der Waals surface area (Å²) in [5.41, 5.74) is 0.0307. The maximum Gasteiger partial charge on any atom is 0.263 e. The Morgan fingerprint density at radius 3 is 2.67 bits per heavy atom.